The van der Waals surface area contributed by atoms with Crippen LogP contribution in [0, 0.1) is 12.7 Å². The van der Waals surface area contributed by atoms with E-state index in [4.69, 9.17) is 0 Å². The van der Waals surface area contributed by atoms with E-state index in [-0.39, 0.29) is 11.7 Å². The SMILES string of the molecule is CN=C(NCCc1cccc(C(=O)N(C)C)c1)NCc1ccc(C)c(F)c1. The molecule has 27 heavy (non-hydrogen) atoms. The van der Waals surface area contributed by atoms with Crippen LogP contribution in [0.15, 0.2) is 47.5 Å². The van der Waals surface area contributed by atoms with Crippen molar-refractivity contribution in [1.82, 2.24) is 15.5 Å². The Kier molecular flexibility index (Phi) is 7.34. The summed E-state index contributed by atoms with van der Waals surface area (Å²) in [4.78, 5) is 17.8. The lowest BCUT2D eigenvalue weighted by atomic mass is 10.1. The minimum atomic E-state index is -0.204. The highest BCUT2D eigenvalue weighted by Gasteiger charge is 2.08. The molecule has 0 aliphatic heterocycles. The van der Waals surface area contributed by atoms with E-state index < -0.39 is 0 Å². The molecule has 0 unspecified atom stereocenters. The van der Waals surface area contributed by atoms with Gasteiger partial charge in [0.25, 0.3) is 5.91 Å². The Morgan fingerprint density at radius 2 is 1.89 bits per heavy atom. The molecule has 2 aromatic carbocycles. The first-order valence-corrected chi connectivity index (χ1v) is 8.91. The molecule has 2 N–H and O–H groups in total. The third-order valence-corrected chi connectivity index (χ3v) is 4.21. The molecule has 2 aromatic rings. The average Bonchev–Trinajstić information content (AvgIpc) is 2.66. The summed E-state index contributed by atoms with van der Waals surface area (Å²) in [7, 11) is 5.18. The van der Waals surface area contributed by atoms with Gasteiger partial charge in [-0.2, -0.15) is 0 Å². The van der Waals surface area contributed by atoms with Gasteiger partial charge < -0.3 is 15.5 Å². The van der Waals surface area contributed by atoms with E-state index in [0.29, 0.717) is 30.2 Å². The van der Waals surface area contributed by atoms with Gasteiger partial charge in [0.2, 0.25) is 0 Å². The maximum absolute atomic E-state index is 13.6. The van der Waals surface area contributed by atoms with E-state index >= 15 is 0 Å². The van der Waals surface area contributed by atoms with Gasteiger partial charge in [-0.3, -0.25) is 9.79 Å². The topological polar surface area (TPSA) is 56.7 Å². The lowest BCUT2D eigenvalue weighted by Crippen LogP contribution is -2.37. The fourth-order valence-corrected chi connectivity index (χ4v) is 2.60. The number of rotatable bonds is 6. The number of amides is 1. The molecule has 6 heteroatoms. The van der Waals surface area contributed by atoms with Gasteiger partial charge in [0, 0.05) is 39.8 Å². The van der Waals surface area contributed by atoms with Crippen molar-refractivity contribution < 1.29 is 9.18 Å². The van der Waals surface area contributed by atoms with Crippen molar-refractivity contribution in [3.63, 3.8) is 0 Å². The van der Waals surface area contributed by atoms with Gasteiger partial charge in [0.15, 0.2) is 5.96 Å². The normalized spacial score (nSPS) is 11.2. The van der Waals surface area contributed by atoms with Crippen molar-refractivity contribution >= 4 is 11.9 Å². The second-order valence-corrected chi connectivity index (χ2v) is 6.59. The van der Waals surface area contributed by atoms with E-state index in [1.165, 1.54) is 6.07 Å². The minimum absolute atomic E-state index is 0.00684. The lowest BCUT2D eigenvalue weighted by molar-refractivity contribution is 0.0827. The maximum Gasteiger partial charge on any atom is 0.253 e. The summed E-state index contributed by atoms with van der Waals surface area (Å²) < 4.78 is 13.6. The molecule has 0 fully saturated rings. The fourth-order valence-electron chi connectivity index (χ4n) is 2.60. The summed E-state index contributed by atoms with van der Waals surface area (Å²) in [6.07, 6.45) is 0.758. The number of benzene rings is 2. The van der Waals surface area contributed by atoms with Gasteiger partial charge in [-0.25, -0.2) is 4.39 Å². The number of aryl methyl sites for hydroxylation is 1. The number of nitrogens with one attached hydrogen (secondary N) is 2. The number of aliphatic imine (C=N–C) groups is 1. The Labute approximate surface area is 160 Å². The highest BCUT2D eigenvalue weighted by molar-refractivity contribution is 5.94. The van der Waals surface area contributed by atoms with Crippen molar-refractivity contribution in [2.75, 3.05) is 27.7 Å². The minimum Gasteiger partial charge on any atom is -0.356 e. The quantitative estimate of drug-likeness (QED) is 0.607. The number of guanidine groups is 1. The molecule has 0 aliphatic rings. The number of hydrogen-bond acceptors (Lipinski definition) is 2. The molecular formula is C21H27FN4O. The molecule has 144 valence electrons. The third-order valence-electron chi connectivity index (χ3n) is 4.21. The van der Waals surface area contributed by atoms with Crippen LogP contribution < -0.4 is 10.6 Å². The largest absolute Gasteiger partial charge is 0.356 e. The molecule has 2 rings (SSSR count). The monoisotopic (exact) mass is 370 g/mol. The Morgan fingerprint density at radius 1 is 1.11 bits per heavy atom. The molecule has 0 atom stereocenters. The molecule has 0 aliphatic carbocycles. The van der Waals surface area contributed by atoms with Crippen LogP contribution in [0.25, 0.3) is 0 Å². The summed E-state index contributed by atoms with van der Waals surface area (Å²) in [5.74, 6) is 0.438. The second kappa shape index (κ2) is 9.71. The zero-order valence-corrected chi connectivity index (χ0v) is 16.3. The van der Waals surface area contributed by atoms with Crippen LogP contribution in [-0.2, 0) is 13.0 Å². The van der Waals surface area contributed by atoms with Crippen molar-refractivity contribution in [3.05, 3.63) is 70.5 Å². The first-order chi connectivity index (χ1) is 12.9. The number of halogens is 1. The van der Waals surface area contributed by atoms with Gasteiger partial charge in [-0.05, 0) is 48.2 Å². The predicted molar refractivity (Wildman–Crippen MR) is 108 cm³/mol. The zero-order chi connectivity index (χ0) is 19.8. The molecule has 0 saturated carbocycles. The van der Waals surface area contributed by atoms with Gasteiger partial charge >= 0.3 is 0 Å². The lowest BCUT2D eigenvalue weighted by Gasteiger charge is -2.13. The molecule has 5 nitrogen and oxygen atoms in total. The first kappa shape index (κ1) is 20.4. The van der Waals surface area contributed by atoms with Crippen LogP contribution in [0.3, 0.4) is 0 Å². The van der Waals surface area contributed by atoms with Gasteiger partial charge in [-0.15, -0.1) is 0 Å². The Morgan fingerprint density at radius 3 is 2.56 bits per heavy atom. The molecule has 0 spiro atoms. The molecule has 0 radical (unpaired) electrons. The van der Waals surface area contributed by atoms with Crippen molar-refractivity contribution in [2.45, 2.75) is 19.9 Å². The van der Waals surface area contributed by atoms with Crippen molar-refractivity contribution in [3.8, 4) is 0 Å². The van der Waals surface area contributed by atoms with E-state index in [0.717, 1.165) is 17.5 Å². The molecule has 0 aromatic heterocycles. The second-order valence-electron chi connectivity index (χ2n) is 6.59. The highest BCUT2D eigenvalue weighted by atomic mass is 19.1. The standard InChI is InChI=1S/C21H27FN4O/c1-15-8-9-17(13-19(15)22)14-25-21(23-2)24-11-10-16-6-5-7-18(12-16)20(27)26(3)4/h5-9,12-13H,10-11,14H2,1-4H3,(H2,23,24,25). The Balaban J connectivity index is 1.85. The maximum atomic E-state index is 13.6. The zero-order valence-electron chi connectivity index (χ0n) is 16.3. The third kappa shape index (κ3) is 6.09. The molecular weight excluding hydrogens is 343 g/mol. The van der Waals surface area contributed by atoms with Crippen LogP contribution in [0.2, 0.25) is 0 Å². The van der Waals surface area contributed by atoms with E-state index in [1.807, 2.05) is 30.3 Å². The van der Waals surface area contributed by atoms with E-state index in [2.05, 4.69) is 15.6 Å². The Bertz CT molecular complexity index is 818. The summed E-state index contributed by atoms with van der Waals surface area (Å²) in [5, 5.41) is 6.41. The van der Waals surface area contributed by atoms with Crippen LogP contribution >= 0.6 is 0 Å². The summed E-state index contributed by atoms with van der Waals surface area (Å²) in [6, 6.07) is 12.8. The van der Waals surface area contributed by atoms with E-state index in [1.54, 1.807) is 39.0 Å². The number of hydrogen-bond donors (Lipinski definition) is 2. The number of nitrogens with zero attached hydrogens (tertiary/aromatic N) is 2. The van der Waals surface area contributed by atoms with Crippen LogP contribution in [-0.4, -0.2) is 44.5 Å². The number of carbonyl (C=O) groups is 1. The smallest absolute Gasteiger partial charge is 0.253 e. The van der Waals surface area contributed by atoms with Crippen LogP contribution in [0.4, 0.5) is 4.39 Å². The van der Waals surface area contributed by atoms with Gasteiger partial charge in [-0.1, -0.05) is 24.3 Å². The van der Waals surface area contributed by atoms with Gasteiger partial charge in [0.05, 0.1) is 0 Å². The first-order valence-electron chi connectivity index (χ1n) is 8.91. The predicted octanol–water partition coefficient (Wildman–Crippen LogP) is 2.74. The summed E-state index contributed by atoms with van der Waals surface area (Å²) in [6.45, 7) is 2.90. The fraction of sp³-hybridized carbons (Fsp3) is 0.333. The van der Waals surface area contributed by atoms with Crippen LogP contribution in [0.5, 0.6) is 0 Å². The highest BCUT2D eigenvalue weighted by Crippen LogP contribution is 2.09. The van der Waals surface area contributed by atoms with Gasteiger partial charge in [0.1, 0.15) is 5.82 Å². The molecule has 0 bridgehead atoms. The van der Waals surface area contributed by atoms with Crippen molar-refractivity contribution in [2.24, 2.45) is 4.99 Å². The van der Waals surface area contributed by atoms with Crippen molar-refractivity contribution in [1.29, 1.82) is 0 Å². The van der Waals surface area contributed by atoms with E-state index in [9.17, 15) is 9.18 Å². The molecule has 0 saturated heterocycles. The average molecular weight is 370 g/mol. The molecule has 0 heterocycles. The summed E-state index contributed by atoms with van der Waals surface area (Å²) >= 11 is 0. The summed E-state index contributed by atoms with van der Waals surface area (Å²) in [5.41, 5.74) is 3.25. The van der Waals surface area contributed by atoms with Crippen LogP contribution in [0.1, 0.15) is 27.0 Å². The Hall–Kier alpha value is -2.89. The molecule has 1 amide bonds. The number of carbonyl (C=O) groups excluding carboxylic acids is 1.